The molecule has 0 saturated carbocycles. The number of phosphoric acid groups is 3. The summed E-state index contributed by atoms with van der Waals surface area (Å²) >= 11 is 6.01. The van der Waals surface area contributed by atoms with Gasteiger partial charge in [-0.05, 0) is 11.6 Å². The van der Waals surface area contributed by atoms with E-state index in [2.05, 4.69) is 28.1 Å². The standard InChI is InChI=1S/C10H15ClN5O13P3.4Na/c11-10-15-4-7(12)13-2-14-8(4)16(10)9-6(18)5(17)3(27-9)1-26-31(22,23)29-32(24,25)28-30(19,20)21;;;;/h2-3,5-6,9,17-18H,1H2,(H,22,23)(H,24,25)(H2,12,13,14)(H2,19,20,21);;;;/q;4*+1/p-4/t3-,5+,6?,9-;;;;/m1..../s1. The zero-order valence-corrected chi connectivity index (χ0v) is 30.5. The smallest absolute Gasteiger partial charge is 0.790 e. The molecule has 4 N–H and O–H groups in total. The Bertz CT molecular complexity index is 1170. The van der Waals surface area contributed by atoms with Crippen LogP contribution < -0.4 is 144 Å². The topological polar surface area (TPSA) is 290 Å². The predicted molar refractivity (Wildman–Crippen MR) is 91.6 cm³/mol. The number of halogens is 1. The van der Waals surface area contributed by atoms with Crippen molar-refractivity contribution in [1.29, 1.82) is 0 Å². The van der Waals surface area contributed by atoms with E-state index in [-0.39, 0.29) is 140 Å². The fourth-order valence-corrected chi connectivity index (χ4v) is 5.78. The van der Waals surface area contributed by atoms with E-state index in [0.717, 1.165) is 10.9 Å². The van der Waals surface area contributed by atoms with Gasteiger partial charge in [0.1, 0.15) is 24.6 Å². The van der Waals surface area contributed by atoms with Crippen molar-refractivity contribution in [3.8, 4) is 0 Å². The van der Waals surface area contributed by atoms with E-state index < -0.39 is 54.6 Å². The third kappa shape index (κ3) is 10.6. The molecule has 1 saturated heterocycles. The van der Waals surface area contributed by atoms with Crippen molar-refractivity contribution in [1.82, 2.24) is 19.5 Å². The molecule has 18 nitrogen and oxygen atoms in total. The Morgan fingerprint density at radius 3 is 2.17 bits per heavy atom. The van der Waals surface area contributed by atoms with Crippen molar-refractivity contribution in [2.75, 3.05) is 12.3 Å². The molecule has 3 rings (SSSR count). The summed E-state index contributed by atoms with van der Waals surface area (Å²) in [5.74, 6) is -0.0574. The van der Waals surface area contributed by atoms with Crippen LogP contribution in [-0.4, -0.2) is 54.7 Å². The molecule has 0 aromatic carbocycles. The minimum Gasteiger partial charge on any atom is -0.790 e. The van der Waals surface area contributed by atoms with Crippen molar-refractivity contribution < 1.29 is 180 Å². The van der Waals surface area contributed by atoms with Crippen LogP contribution in [-0.2, 0) is 31.6 Å². The number of hydrogen-bond acceptors (Lipinski definition) is 17. The molecule has 1 aliphatic heterocycles. The van der Waals surface area contributed by atoms with E-state index in [4.69, 9.17) is 22.1 Å². The molecule has 3 unspecified atom stereocenters. The molecule has 180 valence electrons. The van der Waals surface area contributed by atoms with Gasteiger partial charge in [-0.1, -0.05) is 0 Å². The van der Waals surface area contributed by atoms with Gasteiger partial charge in [0.05, 0.1) is 14.4 Å². The van der Waals surface area contributed by atoms with Crippen LogP contribution >= 0.6 is 35.1 Å². The van der Waals surface area contributed by atoms with Crippen molar-refractivity contribution in [2.45, 2.75) is 24.5 Å². The molecular weight excluding hydrogens is 618 g/mol. The maximum absolute atomic E-state index is 11.6. The van der Waals surface area contributed by atoms with Crippen LogP contribution in [0.2, 0.25) is 5.28 Å². The summed E-state index contributed by atoms with van der Waals surface area (Å²) in [6.07, 6.45) is -5.56. The fourth-order valence-electron chi connectivity index (χ4n) is 2.65. The molecule has 1 fully saturated rings. The summed E-state index contributed by atoms with van der Waals surface area (Å²) < 4.78 is 50.1. The number of aliphatic hydroxyl groups is 2. The van der Waals surface area contributed by atoms with Gasteiger partial charge >= 0.3 is 118 Å². The molecule has 1 aliphatic rings. The Balaban J connectivity index is 0. The number of fused-ring (bicyclic) bond motifs is 1. The zero-order valence-electron chi connectivity index (χ0n) is 19.1. The molecule has 2 aromatic heterocycles. The number of nitrogens with two attached hydrogens (primary N) is 1. The number of imidazole rings is 1. The molecule has 0 bridgehead atoms. The largest absolute Gasteiger partial charge is 1.00 e. The van der Waals surface area contributed by atoms with Crippen molar-refractivity contribution in [3.63, 3.8) is 0 Å². The minimum absolute atomic E-state index is 0. The van der Waals surface area contributed by atoms with Gasteiger partial charge in [-0.3, -0.25) is 18.0 Å². The Kier molecular flexibility index (Phi) is 18.2. The average Bonchev–Trinajstić information content (AvgIpc) is 3.08. The summed E-state index contributed by atoms with van der Waals surface area (Å²) in [6.45, 7) is -1.12. The number of anilines is 1. The Labute approximate surface area is 295 Å². The first-order valence-electron chi connectivity index (χ1n) is 7.97. The normalized spacial score (nSPS) is 24.9. The summed E-state index contributed by atoms with van der Waals surface area (Å²) in [7, 11) is -18.2. The fraction of sp³-hybridized carbons (Fsp3) is 0.500. The molecule has 36 heavy (non-hydrogen) atoms. The van der Waals surface area contributed by atoms with Gasteiger partial charge in [0.25, 0.3) is 15.6 Å². The minimum atomic E-state index is -6.16. The second kappa shape index (κ2) is 16.0. The second-order valence-electron chi connectivity index (χ2n) is 6.03. The molecular formula is C10H11ClN5Na4O13P3. The predicted octanol–water partition coefficient (Wildman–Crippen LogP) is -15.5. The molecule has 0 radical (unpaired) electrons. The Morgan fingerprint density at radius 2 is 1.61 bits per heavy atom. The molecule has 0 amide bonds. The average molecular weight is 630 g/mol. The van der Waals surface area contributed by atoms with Gasteiger partial charge in [0.15, 0.2) is 23.2 Å². The van der Waals surface area contributed by atoms with Crippen molar-refractivity contribution >= 4 is 52.1 Å². The number of aliphatic hydroxyl groups excluding tert-OH is 2. The molecule has 0 spiro atoms. The van der Waals surface area contributed by atoms with Crippen LogP contribution in [0.3, 0.4) is 0 Å². The molecule has 2 aromatic rings. The van der Waals surface area contributed by atoms with Gasteiger partial charge in [0.2, 0.25) is 5.28 Å². The second-order valence-corrected chi connectivity index (χ2v) is 10.6. The summed E-state index contributed by atoms with van der Waals surface area (Å²) in [5, 5.41) is 20.1. The first kappa shape index (κ1) is 41.1. The van der Waals surface area contributed by atoms with Crippen molar-refractivity contribution in [3.05, 3.63) is 11.6 Å². The summed E-state index contributed by atoms with van der Waals surface area (Å²) in [4.78, 5) is 54.9. The molecule has 3 heterocycles. The van der Waals surface area contributed by atoms with Crippen molar-refractivity contribution in [2.24, 2.45) is 0 Å². The van der Waals surface area contributed by atoms with E-state index in [9.17, 15) is 43.5 Å². The zero-order chi connectivity index (χ0) is 24.1. The van der Waals surface area contributed by atoms with Crippen LogP contribution in [0.1, 0.15) is 6.23 Å². The van der Waals surface area contributed by atoms with Crippen LogP contribution in [0.5, 0.6) is 0 Å². The molecule has 0 aliphatic carbocycles. The van der Waals surface area contributed by atoms with Crippen LogP contribution in [0, 0.1) is 0 Å². The summed E-state index contributed by atoms with van der Waals surface area (Å²) in [5.41, 5.74) is 5.70. The van der Waals surface area contributed by atoms with Crippen LogP contribution in [0.4, 0.5) is 5.82 Å². The first-order valence-corrected chi connectivity index (χ1v) is 12.7. The third-order valence-electron chi connectivity index (χ3n) is 3.85. The number of ether oxygens (including phenoxy) is 1. The van der Waals surface area contributed by atoms with Gasteiger partial charge in [-0.25, -0.2) is 19.3 Å². The van der Waals surface area contributed by atoms with E-state index in [1.807, 2.05) is 0 Å². The van der Waals surface area contributed by atoms with Gasteiger partial charge < -0.3 is 49.3 Å². The Morgan fingerprint density at radius 1 is 1.03 bits per heavy atom. The van der Waals surface area contributed by atoms with Gasteiger partial charge in [-0.15, -0.1) is 0 Å². The van der Waals surface area contributed by atoms with Gasteiger partial charge in [-0.2, -0.15) is 0 Å². The maximum Gasteiger partial charge on any atom is 1.00 e. The number of aromatic nitrogens is 4. The van der Waals surface area contributed by atoms with E-state index in [0.29, 0.717) is 0 Å². The number of phosphoric ester groups is 1. The maximum atomic E-state index is 11.6. The monoisotopic (exact) mass is 629 g/mol. The van der Waals surface area contributed by atoms with E-state index >= 15 is 0 Å². The molecule has 26 heteroatoms. The SMILES string of the molecule is Nc1ncnc2c1nc(Cl)n2[C@@H]1O[C@H](COP(=O)([O-])OP(=O)([O-])OP(=O)([O-])[O-])[C@H](O)C1O.[Na+].[Na+].[Na+].[Na+]. The van der Waals surface area contributed by atoms with E-state index in [1.54, 1.807) is 0 Å². The first-order chi connectivity index (χ1) is 14.6. The quantitative estimate of drug-likeness (QED) is 0.139. The number of rotatable bonds is 8. The molecule has 6 atom stereocenters. The third-order valence-corrected chi connectivity index (χ3v) is 7.78. The van der Waals surface area contributed by atoms with E-state index in [1.165, 1.54) is 0 Å². The van der Waals surface area contributed by atoms with Gasteiger partial charge in [0, 0.05) is 0 Å². The van der Waals surface area contributed by atoms with Crippen LogP contribution in [0.15, 0.2) is 6.33 Å². The number of hydrogen-bond donors (Lipinski definition) is 3. The Hall–Kier alpha value is 2.93. The van der Waals surface area contributed by atoms with Crippen LogP contribution in [0.25, 0.3) is 11.2 Å². The number of nitrogen functional groups attached to an aromatic ring is 1. The number of nitrogens with zero attached hydrogens (tertiary/aromatic N) is 4. The summed E-state index contributed by atoms with van der Waals surface area (Å²) in [6, 6.07) is 0.